The Labute approximate surface area is 103 Å². The maximum absolute atomic E-state index is 6.00. The minimum Gasteiger partial charge on any atom is -0.384 e. The fraction of sp³-hybridized carbons (Fsp3) is 0.455. The van der Waals surface area contributed by atoms with Gasteiger partial charge in [-0.1, -0.05) is 18.5 Å². The highest BCUT2D eigenvalue weighted by Crippen LogP contribution is 2.29. The molecule has 1 N–H and O–H groups in total. The van der Waals surface area contributed by atoms with Crippen molar-refractivity contribution in [1.82, 2.24) is 0 Å². The van der Waals surface area contributed by atoms with Crippen LogP contribution >= 0.6 is 27.5 Å². The summed E-state index contributed by atoms with van der Waals surface area (Å²) in [6.45, 7) is 4.81. The molecule has 1 aromatic rings. The molecule has 2 nitrogen and oxygen atoms in total. The quantitative estimate of drug-likeness (QED) is 0.919. The molecule has 15 heavy (non-hydrogen) atoms. The number of halogens is 2. The lowest BCUT2D eigenvalue weighted by Gasteiger charge is -2.38. The van der Waals surface area contributed by atoms with Crippen molar-refractivity contribution < 1.29 is 4.74 Å². The van der Waals surface area contributed by atoms with E-state index in [9.17, 15) is 0 Å². The van der Waals surface area contributed by atoms with E-state index in [-0.39, 0.29) is 5.41 Å². The van der Waals surface area contributed by atoms with Gasteiger partial charge < -0.3 is 10.1 Å². The Balaban J connectivity index is 1.96. The Morgan fingerprint density at radius 2 is 2.27 bits per heavy atom. The van der Waals surface area contributed by atoms with Crippen LogP contribution in [0.25, 0.3) is 0 Å². The fourth-order valence-corrected chi connectivity index (χ4v) is 1.90. The summed E-state index contributed by atoms with van der Waals surface area (Å²) in [5.41, 5.74) is 1.33. The molecule has 0 atom stereocenters. The molecule has 4 heteroatoms. The maximum atomic E-state index is 6.00. The van der Waals surface area contributed by atoms with Gasteiger partial charge in [-0.25, -0.2) is 0 Å². The van der Waals surface area contributed by atoms with Gasteiger partial charge in [0.2, 0.25) is 0 Å². The molecular weight excluding hydrogens is 277 g/mol. The molecule has 1 heterocycles. The number of hydrogen-bond acceptors (Lipinski definition) is 2. The van der Waals surface area contributed by atoms with Crippen molar-refractivity contribution in [3.63, 3.8) is 0 Å². The van der Waals surface area contributed by atoms with E-state index < -0.39 is 0 Å². The second-order valence-corrected chi connectivity index (χ2v) is 5.55. The van der Waals surface area contributed by atoms with E-state index >= 15 is 0 Å². The van der Waals surface area contributed by atoms with Crippen LogP contribution in [-0.2, 0) is 4.74 Å². The molecule has 0 aromatic heterocycles. The lowest BCUT2D eigenvalue weighted by atomic mass is 9.89. The highest BCUT2D eigenvalue weighted by molar-refractivity contribution is 9.10. The van der Waals surface area contributed by atoms with Gasteiger partial charge >= 0.3 is 0 Å². The molecule has 0 aliphatic carbocycles. The first-order chi connectivity index (χ1) is 7.09. The Morgan fingerprint density at radius 1 is 1.53 bits per heavy atom. The van der Waals surface area contributed by atoms with E-state index in [2.05, 4.69) is 28.2 Å². The van der Waals surface area contributed by atoms with E-state index in [1.807, 2.05) is 18.2 Å². The topological polar surface area (TPSA) is 21.3 Å². The normalized spacial score (nSPS) is 18.3. The van der Waals surface area contributed by atoms with E-state index in [4.69, 9.17) is 16.3 Å². The Kier molecular flexibility index (Phi) is 3.24. The van der Waals surface area contributed by atoms with Gasteiger partial charge in [0.25, 0.3) is 0 Å². The summed E-state index contributed by atoms with van der Waals surface area (Å²) in [4.78, 5) is 0. The fourth-order valence-electron chi connectivity index (χ4n) is 1.47. The number of hydrogen-bond donors (Lipinski definition) is 1. The molecule has 0 saturated carbocycles. The Morgan fingerprint density at radius 3 is 2.80 bits per heavy atom. The van der Waals surface area contributed by atoms with Crippen LogP contribution in [0, 0.1) is 5.41 Å². The highest BCUT2D eigenvalue weighted by Gasteiger charge is 2.32. The number of ether oxygens (including phenoxy) is 1. The van der Waals surface area contributed by atoms with Crippen LogP contribution in [0.1, 0.15) is 6.92 Å². The predicted molar refractivity (Wildman–Crippen MR) is 66.6 cm³/mol. The van der Waals surface area contributed by atoms with Gasteiger partial charge in [-0.15, -0.1) is 0 Å². The van der Waals surface area contributed by atoms with Gasteiger partial charge in [0.05, 0.1) is 18.2 Å². The van der Waals surface area contributed by atoms with Crippen LogP contribution in [0.15, 0.2) is 22.7 Å². The van der Waals surface area contributed by atoms with Crippen molar-refractivity contribution in [1.29, 1.82) is 0 Å². The zero-order valence-electron chi connectivity index (χ0n) is 8.52. The van der Waals surface area contributed by atoms with Gasteiger partial charge in [-0.3, -0.25) is 0 Å². The largest absolute Gasteiger partial charge is 0.384 e. The van der Waals surface area contributed by atoms with Crippen LogP contribution in [0.2, 0.25) is 5.02 Å². The van der Waals surface area contributed by atoms with E-state index in [1.54, 1.807) is 0 Å². The summed E-state index contributed by atoms with van der Waals surface area (Å²) >= 11 is 9.37. The molecule has 1 fully saturated rings. The van der Waals surface area contributed by atoms with E-state index in [0.29, 0.717) is 0 Å². The van der Waals surface area contributed by atoms with Crippen LogP contribution < -0.4 is 5.32 Å². The lowest BCUT2D eigenvalue weighted by molar-refractivity contribution is -0.0924. The minimum absolute atomic E-state index is 0.277. The summed E-state index contributed by atoms with van der Waals surface area (Å²) < 4.78 is 6.12. The van der Waals surface area contributed by atoms with Crippen molar-refractivity contribution >= 4 is 33.2 Å². The zero-order chi connectivity index (χ0) is 10.9. The average molecular weight is 291 g/mol. The first-order valence-corrected chi connectivity index (χ1v) is 6.03. The molecule has 1 aromatic carbocycles. The van der Waals surface area contributed by atoms with E-state index in [0.717, 1.165) is 34.9 Å². The number of rotatable bonds is 3. The molecule has 1 aliphatic heterocycles. The van der Waals surface area contributed by atoms with Crippen molar-refractivity contribution in [2.45, 2.75) is 6.92 Å². The summed E-state index contributed by atoms with van der Waals surface area (Å²) in [7, 11) is 0. The third-order valence-electron chi connectivity index (χ3n) is 2.54. The van der Waals surface area contributed by atoms with Gasteiger partial charge in [-0.05, 0) is 34.1 Å². The molecule has 0 spiro atoms. The number of nitrogens with one attached hydrogen (secondary N) is 1. The monoisotopic (exact) mass is 289 g/mol. The van der Waals surface area contributed by atoms with Crippen LogP contribution in [0.4, 0.5) is 5.69 Å². The van der Waals surface area contributed by atoms with Gasteiger partial charge in [-0.2, -0.15) is 0 Å². The Hall–Kier alpha value is -0.250. The average Bonchev–Trinajstić information content (AvgIpc) is 2.17. The minimum atomic E-state index is 0.277. The summed E-state index contributed by atoms with van der Waals surface area (Å²) in [6.07, 6.45) is 0. The summed E-state index contributed by atoms with van der Waals surface area (Å²) in [5.74, 6) is 0. The number of benzene rings is 1. The van der Waals surface area contributed by atoms with Crippen molar-refractivity contribution in [2.75, 3.05) is 25.1 Å². The molecule has 0 bridgehead atoms. The second kappa shape index (κ2) is 4.32. The highest BCUT2D eigenvalue weighted by atomic mass is 79.9. The maximum Gasteiger partial charge on any atom is 0.0568 e. The third-order valence-corrected chi connectivity index (χ3v) is 3.77. The SMILES string of the molecule is CC1(CNc2ccc(Br)c(Cl)c2)COC1. The third kappa shape index (κ3) is 2.65. The predicted octanol–water partition coefficient (Wildman–Crippen LogP) is 3.55. The standard InChI is InChI=1S/C11H13BrClNO/c1-11(6-15-7-11)5-14-8-2-3-9(12)10(13)4-8/h2-4,14H,5-7H2,1H3. The van der Waals surface area contributed by atoms with Crippen molar-refractivity contribution in [3.8, 4) is 0 Å². The summed E-state index contributed by atoms with van der Waals surface area (Å²) in [5, 5.41) is 4.10. The van der Waals surface area contributed by atoms with Crippen LogP contribution in [0.5, 0.6) is 0 Å². The smallest absolute Gasteiger partial charge is 0.0568 e. The first kappa shape index (κ1) is 11.2. The Bertz CT molecular complexity index is 366. The van der Waals surface area contributed by atoms with Crippen LogP contribution in [-0.4, -0.2) is 19.8 Å². The summed E-state index contributed by atoms with van der Waals surface area (Å²) in [6, 6.07) is 5.89. The molecule has 1 saturated heterocycles. The molecular formula is C11H13BrClNO. The first-order valence-electron chi connectivity index (χ1n) is 4.86. The second-order valence-electron chi connectivity index (χ2n) is 4.29. The molecule has 82 valence electrons. The number of anilines is 1. The molecule has 0 amide bonds. The van der Waals surface area contributed by atoms with Crippen LogP contribution in [0.3, 0.4) is 0 Å². The molecule has 0 unspecified atom stereocenters. The molecule has 1 aliphatic rings. The van der Waals surface area contributed by atoms with Crippen molar-refractivity contribution in [3.05, 3.63) is 27.7 Å². The molecule has 2 rings (SSSR count). The lowest BCUT2D eigenvalue weighted by Crippen LogP contribution is -2.45. The molecule has 0 radical (unpaired) electrons. The van der Waals surface area contributed by atoms with Gasteiger partial charge in [0.1, 0.15) is 0 Å². The van der Waals surface area contributed by atoms with E-state index in [1.165, 1.54) is 0 Å². The van der Waals surface area contributed by atoms with Crippen molar-refractivity contribution in [2.24, 2.45) is 5.41 Å². The van der Waals surface area contributed by atoms with Gasteiger partial charge in [0.15, 0.2) is 0 Å². The van der Waals surface area contributed by atoms with Gasteiger partial charge in [0, 0.05) is 22.1 Å². The zero-order valence-corrected chi connectivity index (χ0v) is 10.9.